The molecule has 0 unspecified atom stereocenters. The van der Waals surface area contributed by atoms with Crippen LogP contribution < -0.4 is 5.32 Å². The van der Waals surface area contributed by atoms with Crippen molar-refractivity contribution in [2.75, 3.05) is 0 Å². The number of carboxylic acids is 1. The summed E-state index contributed by atoms with van der Waals surface area (Å²) in [7, 11) is 0. The minimum atomic E-state index is -0.985. The topological polar surface area (TPSA) is 66.4 Å². The molecular weight excluding hydrogens is 250 g/mol. The maximum Gasteiger partial charge on any atom is 0.326 e. The van der Waals surface area contributed by atoms with Gasteiger partial charge >= 0.3 is 5.97 Å². The van der Waals surface area contributed by atoms with E-state index in [9.17, 15) is 9.59 Å². The second-order valence-corrected chi connectivity index (χ2v) is 6.28. The number of amides is 1. The van der Waals surface area contributed by atoms with Crippen molar-refractivity contribution < 1.29 is 14.7 Å². The number of carbonyl (C=O) groups excluding carboxylic acids is 1. The van der Waals surface area contributed by atoms with Crippen molar-refractivity contribution in [3.8, 4) is 0 Å². The molecule has 1 aromatic heterocycles. The van der Waals surface area contributed by atoms with Gasteiger partial charge in [-0.1, -0.05) is 13.8 Å². The lowest BCUT2D eigenvalue weighted by molar-refractivity contribution is -0.139. The lowest BCUT2D eigenvalue weighted by Gasteiger charge is -2.16. The number of aryl methyl sites for hydroxylation is 2. The van der Waals surface area contributed by atoms with Crippen LogP contribution in [0.4, 0.5) is 0 Å². The van der Waals surface area contributed by atoms with Gasteiger partial charge in [-0.05, 0) is 32.3 Å². The molecule has 18 heavy (non-hydrogen) atoms. The highest BCUT2D eigenvalue weighted by Gasteiger charge is 2.22. The number of rotatable bonds is 5. The molecule has 5 heteroatoms. The van der Waals surface area contributed by atoms with E-state index in [-0.39, 0.29) is 11.8 Å². The van der Waals surface area contributed by atoms with Crippen LogP contribution in [-0.2, 0) is 4.79 Å². The van der Waals surface area contributed by atoms with Gasteiger partial charge in [0.15, 0.2) is 0 Å². The van der Waals surface area contributed by atoms with Crippen LogP contribution in [0, 0.1) is 19.8 Å². The van der Waals surface area contributed by atoms with Gasteiger partial charge in [-0.3, -0.25) is 4.79 Å². The first kappa shape index (κ1) is 14.7. The molecule has 0 radical (unpaired) electrons. The first-order valence-corrected chi connectivity index (χ1v) is 6.73. The zero-order chi connectivity index (χ0) is 13.9. The molecule has 0 aliphatic rings. The standard InChI is InChI=1S/C13H19NO3S/c1-7(2)5-11(13(16)17)14-12(15)10-6-8(3)18-9(10)4/h6-7,11H,5H2,1-4H3,(H,14,15)(H,16,17)/t11-/m0/s1. The Bertz CT molecular complexity index is 451. The summed E-state index contributed by atoms with van der Waals surface area (Å²) in [6.07, 6.45) is 0.434. The molecule has 0 aliphatic carbocycles. The van der Waals surface area contributed by atoms with Crippen molar-refractivity contribution >= 4 is 23.2 Å². The van der Waals surface area contributed by atoms with E-state index in [0.717, 1.165) is 9.75 Å². The summed E-state index contributed by atoms with van der Waals surface area (Å²) in [5, 5.41) is 11.7. The second kappa shape index (κ2) is 6.00. The fourth-order valence-electron chi connectivity index (χ4n) is 1.79. The third-order valence-electron chi connectivity index (χ3n) is 2.60. The molecule has 1 amide bonds. The fourth-order valence-corrected chi connectivity index (χ4v) is 2.71. The van der Waals surface area contributed by atoms with Crippen LogP contribution in [0.15, 0.2) is 6.07 Å². The van der Waals surface area contributed by atoms with Gasteiger partial charge in [0.1, 0.15) is 6.04 Å². The molecule has 0 aliphatic heterocycles. The summed E-state index contributed by atoms with van der Waals surface area (Å²) in [4.78, 5) is 25.1. The van der Waals surface area contributed by atoms with Gasteiger partial charge in [0.2, 0.25) is 0 Å². The normalized spacial score (nSPS) is 12.5. The van der Waals surface area contributed by atoms with E-state index >= 15 is 0 Å². The molecule has 0 saturated heterocycles. The Morgan fingerprint density at radius 2 is 2.00 bits per heavy atom. The Balaban J connectivity index is 2.78. The molecule has 0 spiro atoms. The largest absolute Gasteiger partial charge is 0.480 e. The smallest absolute Gasteiger partial charge is 0.326 e. The fraction of sp³-hybridized carbons (Fsp3) is 0.538. The summed E-state index contributed by atoms with van der Waals surface area (Å²) in [6.45, 7) is 7.66. The third-order valence-corrected chi connectivity index (χ3v) is 3.56. The van der Waals surface area contributed by atoms with Crippen molar-refractivity contribution in [3.63, 3.8) is 0 Å². The van der Waals surface area contributed by atoms with Crippen molar-refractivity contribution in [1.82, 2.24) is 5.32 Å². The van der Waals surface area contributed by atoms with Gasteiger partial charge in [0, 0.05) is 9.75 Å². The summed E-state index contributed by atoms with van der Waals surface area (Å²) < 4.78 is 0. The Labute approximate surface area is 111 Å². The van der Waals surface area contributed by atoms with E-state index in [2.05, 4.69) is 5.32 Å². The maximum atomic E-state index is 12.0. The SMILES string of the molecule is Cc1cc(C(=O)N[C@@H](CC(C)C)C(=O)O)c(C)s1. The number of nitrogens with one attached hydrogen (secondary N) is 1. The summed E-state index contributed by atoms with van der Waals surface area (Å²) in [5.74, 6) is -1.07. The van der Waals surface area contributed by atoms with Crippen molar-refractivity contribution in [3.05, 3.63) is 21.4 Å². The molecule has 0 saturated carbocycles. The maximum absolute atomic E-state index is 12.0. The minimum absolute atomic E-state index is 0.219. The lowest BCUT2D eigenvalue weighted by atomic mass is 10.0. The molecule has 1 atom stereocenters. The zero-order valence-corrected chi connectivity index (χ0v) is 11.9. The monoisotopic (exact) mass is 269 g/mol. The van der Waals surface area contributed by atoms with Crippen LogP contribution in [0.3, 0.4) is 0 Å². The predicted molar refractivity (Wildman–Crippen MR) is 72.1 cm³/mol. The van der Waals surface area contributed by atoms with Gasteiger partial charge in [0.25, 0.3) is 5.91 Å². The highest BCUT2D eigenvalue weighted by Crippen LogP contribution is 2.20. The van der Waals surface area contributed by atoms with E-state index in [1.165, 1.54) is 11.3 Å². The lowest BCUT2D eigenvalue weighted by Crippen LogP contribution is -2.41. The molecule has 1 aromatic rings. The zero-order valence-electron chi connectivity index (χ0n) is 11.1. The van der Waals surface area contributed by atoms with Crippen LogP contribution in [-0.4, -0.2) is 23.0 Å². The average molecular weight is 269 g/mol. The summed E-state index contributed by atoms with van der Waals surface area (Å²) in [6, 6.07) is 0.973. The van der Waals surface area contributed by atoms with Gasteiger partial charge in [-0.25, -0.2) is 4.79 Å². The van der Waals surface area contributed by atoms with E-state index in [1.807, 2.05) is 27.7 Å². The predicted octanol–water partition coefficient (Wildman–Crippen LogP) is 2.59. The van der Waals surface area contributed by atoms with Crippen LogP contribution >= 0.6 is 11.3 Å². The Morgan fingerprint density at radius 1 is 1.39 bits per heavy atom. The van der Waals surface area contributed by atoms with Crippen LogP contribution in [0.25, 0.3) is 0 Å². The molecule has 0 bridgehead atoms. The van der Waals surface area contributed by atoms with Crippen molar-refractivity contribution in [2.24, 2.45) is 5.92 Å². The second-order valence-electron chi connectivity index (χ2n) is 4.82. The molecule has 1 rings (SSSR count). The minimum Gasteiger partial charge on any atom is -0.480 e. The van der Waals surface area contributed by atoms with Crippen LogP contribution in [0.2, 0.25) is 0 Å². The molecule has 2 N–H and O–H groups in total. The molecule has 4 nitrogen and oxygen atoms in total. The Kier molecular flexibility index (Phi) is 4.90. The number of hydrogen-bond donors (Lipinski definition) is 2. The van der Waals surface area contributed by atoms with Gasteiger partial charge in [-0.15, -0.1) is 11.3 Å². The molecule has 100 valence electrons. The highest BCUT2D eigenvalue weighted by molar-refractivity contribution is 7.12. The van der Waals surface area contributed by atoms with E-state index < -0.39 is 12.0 Å². The van der Waals surface area contributed by atoms with Crippen molar-refractivity contribution in [2.45, 2.75) is 40.2 Å². The number of aliphatic carboxylic acids is 1. The van der Waals surface area contributed by atoms with E-state index in [0.29, 0.717) is 12.0 Å². The Morgan fingerprint density at radius 3 is 2.39 bits per heavy atom. The van der Waals surface area contributed by atoms with E-state index in [1.54, 1.807) is 6.07 Å². The molecular formula is C13H19NO3S. The third kappa shape index (κ3) is 3.84. The molecule has 0 aromatic carbocycles. The summed E-state index contributed by atoms with van der Waals surface area (Å²) in [5.41, 5.74) is 0.576. The first-order valence-electron chi connectivity index (χ1n) is 5.92. The van der Waals surface area contributed by atoms with E-state index in [4.69, 9.17) is 5.11 Å². The Hall–Kier alpha value is -1.36. The number of hydrogen-bond acceptors (Lipinski definition) is 3. The highest BCUT2D eigenvalue weighted by atomic mass is 32.1. The number of thiophene rings is 1. The first-order chi connectivity index (χ1) is 8.31. The number of carbonyl (C=O) groups is 2. The quantitative estimate of drug-likeness (QED) is 0.863. The van der Waals surface area contributed by atoms with Crippen molar-refractivity contribution in [1.29, 1.82) is 0 Å². The molecule has 1 heterocycles. The summed E-state index contributed by atoms with van der Waals surface area (Å²) >= 11 is 1.54. The average Bonchev–Trinajstić information content (AvgIpc) is 2.56. The van der Waals surface area contributed by atoms with Crippen LogP contribution in [0.1, 0.15) is 40.4 Å². The molecule has 0 fully saturated rings. The van der Waals surface area contributed by atoms with Gasteiger partial charge in [-0.2, -0.15) is 0 Å². The van der Waals surface area contributed by atoms with Gasteiger partial charge < -0.3 is 10.4 Å². The van der Waals surface area contributed by atoms with Gasteiger partial charge in [0.05, 0.1) is 5.56 Å². The van der Waals surface area contributed by atoms with Crippen LogP contribution in [0.5, 0.6) is 0 Å². The number of carboxylic acid groups (broad SMARTS) is 1.